The normalized spacial score (nSPS) is 10.6. The summed E-state index contributed by atoms with van der Waals surface area (Å²) < 4.78 is 10.8. The molecule has 96 valence electrons. The zero-order chi connectivity index (χ0) is 12.8. The fraction of sp³-hybridized carbons (Fsp3) is 0.385. The molecule has 0 aliphatic carbocycles. The van der Waals surface area contributed by atoms with Crippen LogP contribution in [0.15, 0.2) is 28.7 Å². The van der Waals surface area contributed by atoms with Gasteiger partial charge in [-0.3, -0.25) is 0 Å². The van der Waals surface area contributed by atoms with Crippen LogP contribution in [0.25, 0.3) is 0 Å². The number of aromatic nitrogens is 2. The molecule has 0 unspecified atom stereocenters. The molecule has 5 nitrogen and oxygen atoms in total. The standard InChI is InChI=1S/C13H17N3O2/c1-2-17-11-5-3-4-10(8-11)6-7-12-15-16-13(9-14)18-12/h3-5,8H,2,6-7,9,14H2,1H3. The lowest BCUT2D eigenvalue weighted by Gasteiger charge is -2.04. The van der Waals surface area contributed by atoms with Crippen molar-refractivity contribution < 1.29 is 9.15 Å². The molecule has 0 aliphatic heterocycles. The maximum atomic E-state index is 5.45. The quantitative estimate of drug-likeness (QED) is 0.841. The average Bonchev–Trinajstić information content (AvgIpc) is 2.85. The van der Waals surface area contributed by atoms with E-state index < -0.39 is 0 Å². The lowest BCUT2D eigenvalue weighted by atomic mass is 10.1. The van der Waals surface area contributed by atoms with Crippen LogP contribution < -0.4 is 10.5 Å². The molecule has 1 heterocycles. The Hall–Kier alpha value is -1.88. The molecular weight excluding hydrogens is 230 g/mol. The van der Waals surface area contributed by atoms with Gasteiger partial charge in [-0.1, -0.05) is 12.1 Å². The van der Waals surface area contributed by atoms with Gasteiger partial charge < -0.3 is 14.9 Å². The molecular formula is C13H17N3O2. The maximum absolute atomic E-state index is 5.45. The fourth-order valence-corrected chi connectivity index (χ4v) is 1.68. The third-order valence-electron chi connectivity index (χ3n) is 2.52. The van der Waals surface area contributed by atoms with Crippen LogP contribution in [0.2, 0.25) is 0 Å². The number of aryl methyl sites for hydroxylation is 2. The van der Waals surface area contributed by atoms with E-state index in [0.717, 1.165) is 12.2 Å². The number of hydrogen-bond donors (Lipinski definition) is 1. The highest BCUT2D eigenvalue weighted by Crippen LogP contribution is 2.15. The van der Waals surface area contributed by atoms with Crippen molar-refractivity contribution in [2.24, 2.45) is 5.73 Å². The Morgan fingerprint density at radius 1 is 1.22 bits per heavy atom. The largest absolute Gasteiger partial charge is 0.494 e. The van der Waals surface area contributed by atoms with Gasteiger partial charge >= 0.3 is 0 Å². The van der Waals surface area contributed by atoms with Crippen molar-refractivity contribution in [3.05, 3.63) is 41.6 Å². The van der Waals surface area contributed by atoms with E-state index in [1.165, 1.54) is 5.56 Å². The molecule has 0 fully saturated rings. The average molecular weight is 247 g/mol. The molecule has 1 aromatic carbocycles. The van der Waals surface area contributed by atoms with Crippen molar-refractivity contribution in [2.75, 3.05) is 6.61 Å². The van der Waals surface area contributed by atoms with Crippen molar-refractivity contribution in [3.63, 3.8) is 0 Å². The van der Waals surface area contributed by atoms with E-state index in [9.17, 15) is 0 Å². The van der Waals surface area contributed by atoms with E-state index in [0.29, 0.717) is 24.8 Å². The predicted molar refractivity (Wildman–Crippen MR) is 67.2 cm³/mol. The molecule has 2 rings (SSSR count). The molecule has 5 heteroatoms. The number of ether oxygens (including phenoxy) is 1. The molecule has 1 aromatic heterocycles. The number of rotatable bonds is 6. The Morgan fingerprint density at radius 2 is 2.06 bits per heavy atom. The molecule has 2 N–H and O–H groups in total. The van der Waals surface area contributed by atoms with E-state index >= 15 is 0 Å². The topological polar surface area (TPSA) is 74.2 Å². The van der Waals surface area contributed by atoms with Gasteiger partial charge in [0.2, 0.25) is 11.8 Å². The van der Waals surface area contributed by atoms with Crippen LogP contribution in [0.4, 0.5) is 0 Å². The van der Waals surface area contributed by atoms with Gasteiger partial charge in [0.25, 0.3) is 0 Å². The second-order valence-corrected chi connectivity index (χ2v) is 3.87. The summed E-state index contributed by atoms with van der Waals surface area (Å²) in [7, 11) is 0. The number of hydrogen-bond acceptors (Lipinski definition) is 5. The summed E-state index contributed by atoms with van der Waals surface area (Å²) in [6.45, 7) is 2.93. The first-order chi connectivity index (χ1) is 8.81. The lowest BCUT2D eigenvalue weighted by Crippen LogP contribution is -1.95. The number of nitrogens with zero attached hydrogens (tertiary/aromatic N) is 2. The van der Waals surface area contributed by atoms with Gasteiger partial charge in [0.1, 0.15) is 5.75 Å². The minimum Gasteiger partial charge on any atom is -0.494 e. The van der Waals surface area contributed by atoms with E-state index in [-0.39, 0.29) is 6.54 Å². The van der Waals surface area contributed by atoms with Crippen LogP contribution >= 0.6 is 0 Å². The molecule has 0 saturated heterocycles. The SMILES string of the molecule is CCOc1cccc(CCc2nnc(CN)o2)c1. The number of benzene rings is 1. The Bertz CT molecular complexity index is 496. The summed E-state index contributed by atoms with van der Waals surface area (Å²) in [4.78, 5) is 0. The summed E-state index contributed by atoms with van der Waals surface area (Å²) in [6, 6.07) is 8.03. The molecule has 2 aromatic rings. The van der Waals surface area contributed by atoms with E-state index in [4.69, 9.17) is 14.9 Å². The van der Waals surface area contributed by atoms with E-state index in [1.54, 1.807) is 0 Å². The van der Waals surface area contributed by atoms with E-state index in [1.807, 2.05) is 25.1 Å². The number of nitrogens with two attached hydrogens (primary N) is 1. The van der Waals surface area contributed by atoms with Crippen LogP contribution in [0.5, 0.6) is 5.75 Å². The first kappa shape index (κ1) is 12.6. The smallest absolute Gasteiger partial charge is 0.230 e. The Balaban J connectivity index is 1.94. The monoisotopic (exact) mass is 247 g/mol. The van der Waals surface area contributed by atoms with Gasteiger partial charge in [0, 0.05) is 6.42 Å². The zero-order valence-electron chi connectivity index (χ0n) is 10.4. The van der Waals surface area contributed by atoms with Crippen molar-refractivity contribution in [1.29, 1.82) is 0 Å². The van der Waals surface area contributed by atoms with E-state index in [2.05, 4.69) is 16.3 Å². The third-order valence-corrected chi connectivity index (χ3v) is 2.52. The summed E-state index contributed by atoms with van der Waals surface area (Å²) in [5.74, 6) is 1.99. The van der Waals surface area contributed by atoms with Gasteiger partial charge in [0.15, 0.2) is 0 Å². The van der Waals surface area contributed by atoms with Crippen molar-refractivity contribution in [3.8, 4) is 5.75 Å². The lowest BCUT2D eigenvalue weighted by molar-refractivity contribution is 0.340. The molecule has 0 aliphatic rings. The molecule has 0 bridgehead atoms. The van der Waals surface area contributed by atoms with Crippen LogP contribution in [0, 0.1) is 0 Å². The van der Waals surface area contributed by atoms with Crippen molar-refractivity contribution >= 4 is 0 Å². The molecule has 0 saturated carbocycles. The molecule has 0 amide bonds. The Kier molecular flexibility index (Phi) is 4.30. The highest BCUT2D eigenvalue weighted by Gasteiger charge is 2.05. The predicted octanol–water partition coefficient (Wildman–Crippen LogP) is 1.71. The van der Waals surface area contributed by atoms with Gasteiger partial charge in [0.05, 0.1) is 13.2 Å². The summed E-state index contributed by atoms with van der Waals surface area (Å²) in [5, 5.41) is 7.76. The highest BCUT2D eigenvalue weighted by molar-refractivity contribution is 5.28. The summed E-state index contributed by atoms with van der Waals surface area (Å²) in [6.07, 6.45) is 1.55. The summed E-state index contributed by atoms with van der Waals surface area (Å²) >= 11 is 0. The van der Waals surface area contributed by atoms with Gasteiger partial charge in [-0.05, 0) is 31.0 Å². The molecule has 18 heavy (non-hydrogen) atoms. The van der Waals surface area contributed by atoms with Gasteiger partial charge in [-0.15, -0.1) is 10.2 Å². The molecule has 0 spiro atoms. The maximum Gasteiger partial charge on any atom is 0.230 e. The fourth-order valence-electron chi connectivity index (χ4n) is 1.68. The second-order valence-electron chi connectivity index (χ2n) is 3.87. The minimum absolute atomic E-state index is 0.285. The molecule has 0 radical (unpaired) electrons. The van der Waals surface area contributed by atoms with Crippen molar-refractivity contribution in [2.45, 2.75) is 26.3 Å². The Morgan fingerprint density at radius 3 is 2.78 bits per heavy atom. The zero-order valence-corrected chi connectivity index (χ0v) is 10.4. The molecule has 0 atom stereocenters. The first-order valence-corrected chi connectivity index (χ1v) is 6.05. The highest BCUT2D eigenvalue weighted by atomic mass is 16.5. The summed E-state index contributed by atoms with van der Waals surface area (Å²) in [5.41, 5.74) is 6.60. The first-order valence-electron chi connectivity index (χ1n) is 6.05. The second kappa shape index (κ2) is 6.16. The minimum atomic E-state index is 0.285. The van der Waals surface area contributed by atoms with Crippen LogP contribution in [0.1, 0.15) is 24.3 Å². The van der Waals surface area contributed by atoms with Crippen LogP contribution in [0.3, 0.4) is 0 Å². The van der Waals surface area contributed by atoms with Crippen LogP contribution in [-0.2, 0) is 19.4 Å². The van der Waals surface area contributed by atoms with Crippen LogP contribution in [-0.4, -0.2) is 16.8 Å². The van der Waals surface area contributed by atoms with Gasteiger partial charge in [-0.2, -0.15) is 0 Å². The Labute approximate surface area is 106 Å². The van der Waals surface area contributed by atoms with Gasteiger partial charge in [-0.25, -0.2) is 0 Å². The van der Waals surface area contributed by atoms with Crippen molar-refractivity contribution in [1.82, 2.24) is 10.2 Å². The third kappa shape index (κ3) is 3.30.